The van der Waals surface area contributed by atoms with E-state index in [2.05, 4.69) is 35.2 Å². The number of likely N-dealkylation sites (N-methyl/N-ethyl adjacent to an activating group) is 1. The zero-order valence-corrected chi connectivity index (χ0v) is 13.5. The molecule has 0 radical (unpaired) electrons. The molecule has 5 heteroatoms. The molecule has 0 saturated carbocycles. The van der Waals surface area contributed by atoms with E-state index < -0.39 is 0 Å². The summed E-state index contributed by atoms with van der Waals surface area (Å²) in [7, 11) is 1.91. The van der Waals surface area contributed by atoms with Crippen molar-refractivity contribution >= 4 is 27.3 Å². The lowest BCUT2D eigenvalue weighted by atomic mass is 9.99. The smallest absolute Gasteiger partial charge is 0.248 e. The quantitative estimate of drug-likeness (QED) is 0.852. The number of carbonyl (C=O) groups excluding carboxylic acids is 1. The van der Waals surface area contributed by atoms with E-state index in [-0.39, 0.29) is 24.7 Å². The molecule has 0 N–H and O–H groups in total. The summed E-state index contributed by atoms with van der Waals surface area (Å²) in [6.07, 6.45) is 1.22. The lowest BCUT2D eigenvalue weighted by Gasteiger charge is -2.45. The number of benzene rings is 1. The number of rotatable bonds is 2. The van der Waals surface area contributed by atoms with Crippen LogP contribution in [0.2, 0.25) is 0 Å². The third kappa shape index (κ3) is 2.53. The van der Waals surface area contributed by atoms with Gasteiger partial charge < -0.3 is 9.64 Å². The highest BCUT2D eigenvalue weighted by molar-refractivity contribution is 7.19. The molecule has 4 rings (SSSR count). The number of fused-ring (bicyclic) bond motifs is 2. The van der Waals surface area contributed by atoms with Gasteiger partial charge >= 0.3 is 0 Å². The summed E-state index contributed by atoms with van der Waals surface area (Å²) < 4.78 is 7.04. The zero-order chi connectivity index (χ0) is 15.1. The largest absolute Gasteiger partial charge is 0.366 e. The SMILES string of the molecule is CN1C(=O)CO[C@@H]2CCN(Cc3cc4ccccc4s3)C[C@@H]21. The maximum atomic E-state index is 11.8. The average Bonchev–Trinajstić information content (AvgIpc) is 2.93. The number of amides is 1. The van der Waals surface area contributed by atoms with Gasteiger partial charge in [0.25, 0.3) is 0 Å². The second-order valence-corrected chi connectivity index (χ2v) is 7.36. The molecule has 0 bridgehead atoms. The monoisotopic (exact) mass is 316 g/mol. The Morgan fingerprint density at radius 3 is 3.09 bits per heavy atom. The number of piperidine rings is 1. The Labute approximate surface area is 134 Å². The topological polar surface area (TPSA) is 32.8 Å². The van der Waals surface area contributed by atoms with E-state index in [4.69, 9.17) is 4.74 Å². The summed E-state index contributed by atoms with van der Waals surface area (Å²) in [6, 6.07) is 11.0. The summed E-state index contributed by atoms with van der Waals surface area (Å²) in [5.41, 5.74) is 0. The molecule has 22 heavy (non-hydrogen) atoms. The molecule has 2 aliphatic rings. The molecule has 0 spiro atoms. The molecule has 2 aliphatic heterocycles. The molecule has 2 aromatic rings. The first-order valence-corrected chi connectivity index (χ1v) is 8.59. The normalized spacial score (nSPS) is 26.4. The van der Waals surface area contributed by atoms with Crippen LogP contribution in [0.3, 0.4) is 0 Å². The average molecular weight is 316 g/mol. The summed E-state index contributed by atoms with van der Waals surface area (Å²) >= 11 is 1.87. The third-order valence-corrected chi connectivity index (χ3v) is 5.87. The van der Waals surface area contributed by atoms with Crippen LogP contribution >= 0.6 is 11.3 Å². The second kappa shape index (κ2) is 5.65. The maximum absolute atomic E-state index is 11.8. The molecule has 2 saturated heterocycles. The molecule has 1 amide bonds. The van der Waals surface area contributed by atoms with E-state index in [0.29, 0.717) is 0 Å². The van der Waals surface area contributed by atoms with Crippen LogP contribution in [0.15, 0.2) is 30.3 Å². The van der Waals surface area contributed by atoms with Gasteiger partial charge in [-0.05, 0) is 23.9 Å². The van der Waals surface area contributed by atoms with Crippen molar-refractivity contribution in [1.29, 1.82) is 0 Å². The molecule has 3 heterocycles. The molecule has 4 nitrogen and oxygen atoms in total. The number of thiophene rings is 1. The van der Waals surface area contributed by atoms with E-state index >= 15 is 0 Å². The summed E-state index contributed by atoms with van der Waals surface area (Å²) in [5, 5.41) is 1.32. The Balaban J connectivity index is 1.48. The minimum absolute atomic E-state index is 0.102. The Kier molecular flexibility index (Phi) is 3.64. The fourth-order valence-electron chi connectivity index (χ4n) is 3.49. The van der Waals surface area contributed by atoms with Crippen LogP contribution in [0.5, 0.6) is 0 Å². The van der Waals surface area contributed by atoms with Gasteiger partial charge in [0.1, 0.15) is 6.61 Å². The predicted octanol–water partition coefficient (Wildman–Crippen LogP) is 2.33. The molecule has 1 aromatic carbocycles. The summed E-state index contributed by atoms with van der Waals surface area (Å²) in [6.45, 7) is 3.15. The summed E-state index contributed by atoms with van der Waals surface area (Å²) in [4.78, 5) is 17.5. The first kappa shape index (κ1) is 14.2. The van der Waals surface area contributed by atoms with Gasteiger partial charge in [-0.15, -0.1) is 11.3 Å². The van der Waals surface area contributed by atoms with Crippen molar-refractivity contribution in [2.75, 3.05) is 26.7 Å². The van der Waals surface area contributed by atoms with Crippen molar-refractivity contribution < 1.29 is 9.53 Å². The Bertz CT molecular complexity index is 666. The number of morpholine rings is 1. The molecule has 0 unspecified atom stereocenters. The van der Waals surface area contributed by atoms with Crippen LogP contribution in [0.25, 0.3) is 10.1 Å². The van der Waals surface area contributed by atoms with Gasteiger partial charge in [0.15, 0.2) is 0 Å². The number of carbonyl (C=O) groups is 1. The molecule has 2 atom stereocenters. The summed E-state index contributed by atoms with van der Waals surface area (Å²) in [5.74, 6) is 0.102. The van der Waals surface area contributed by atoms with Gasteiger partial charge in [-0.2, -0.15) is 0 Å². The van der Waals surface area contributed by atoms with Crippen LogP contribution in [-0.4, -0.2) is 54.6 Å². The Morgan fingerprint density at radius 1 is 1.36 bits per heavy atom. The minimum atomic E-state index is 0.102. The van der Waals surface area contributed by atoms with Gasteiger partial charge in [0, 0.05) is 36.3 Å². The molecule has 116 valence electrons. The number of likely N-dealkylation sites (tertiary alicyclic amines) is 1. The highest BCUT2D eigenvalue weighted by atomic mass is 32.1. The molecule has 0 aliphatic carbocycles. The Morgan fingerprint density at radius 2 is 2.23 bits per heavy atom. The number of hydrogen-bond donors (Lipinski definition) is 0. The van der Waals surface area contributed by atoms with Crippen molar-refractivity contribution in [1.82, 2.24) is 9.80 Å². The third-order valence-electron chi connectivity index (χ3n) is 4.77. The predicted molar refractivity (Wildman–Crippen MR) is 88.0 cm³/mol. The molecule has 1 aromatic heterocycles. The van der Waals surface area contributed by atoms with Crippen LogP contribution in [-0.2, 0) is 16.1 Å². The lowest BCUT2D eigenvalue weighted by molar-refractivity contribution is -0.160. The van der Waals surface area contributed by atoms with E-state index in [9.17, 15) is 4.79 Å². The van der Waals surface area contributed by atoms with Crippen LogP contribution in [0.1, 0.15) is 11.3 Å². The van der Waals surface area contributed by atoms with E-state index in [0.717, 1.165) is 26.1 Å². The van der Waals surface area contributed by atoms with Crippen molar-refractivity contribution in [2.24, 2.45) is 0 Å². The first-order chi connectivity index (χ1) is 10.7. The van der Waals surface area contributed by atoms with Gasteiger partial charge in [-0.25, -0.2) is 0 Å². The highest BCUT2D eigenvalue weighted by Gasteiger charge is 2.38. The van der Waals surface area contributed by atoms with E-state index in [1.165, 1.54) is 15.0 Å². The van der Waals surface area contributed by atoms with Crippen LogP contribution < -0.4 is 0 Å². The fraction of sp³-hybridized carbons (Fsp3) is 0.471. The van der Waals surface area contributed by atoms with Crippen molar-refractivity contribution in [2.45, 2.75) is 25.1 Å². The standard InChI is InChI=1S/C17H20N2O2S/c1-18-14-10-19(7-6-15(14)21-11-17(18)20)9-13-8-12-4-2-3-5-16(12)22-13/h2-5,8,14-15H,6-7,9-11H2,1H3/t14-,15+/m0/s1. The van der Waals surface area contributed by atoms with Crippen molar-refractivity contribution in [3.05, 3.63) is 35.2 Å². The van der Waals surface area contributed by atoms with Crippen molar-refractivity contribution in [3.8, 4) is 0 Å². The maximum Gasteiger partial charge on any atom is 0.248 e. The number of nitrogens with zero attached hydrogens (tertiary/aromatic N) is 2. The van der Waals surface area contributed by atoms with Gasteiger partial charge in [0.2, 0.25) is 5.91 Å². The number of hydrogen-bond acceptors (Lipinski definition) is 4. The molecular weight excluding hydrogens is 296 g/mol. The molecular formula is C17H20N2O2S. The second-order valence-electron chi connectivity index (χ2n) is 6.20. The van der Waals surface area contributed by atoms with Gasteiger partial charge in [0.05, 0.1) is 12.1 Å². The van der Waals surface area contributed by atoms with E-state index in [1.807, 2.05) is 23.3 Å². The van der Waals surface area contributed by atoms with Crippen LogP contribution in [0, 0.1) is 0 Å². The van der Waals surface area contributed by atoms with E-state index in [1.54, 1.807) is 0 Å². The van der Waals surface area contributed by atoms with Gasteiger partial charge in [-0.1, -0.05) is 18.2 Å². The first-order valence-electron chi connectivity index (χ1n) is 7.78. The fourth-order valence-corrected chi connectivity index (χ4v) is 4.59. The van der Waals surface area contributed by atoms with Crippen molar-refractivity contribution in [3.63, 3.8) is 0 Å². The highest BCUT2D eigenvalue weighted by Crippen LogP contribution is 2.28. The lowest BCUT2D eigenvalue weighted by Crippen LogP contribution is -2.60. The van der Waals surface area contributed by atoms with Crippen LogP contribution in [0.4, 0.5) is 0 Å². The number of ether oxygens (including phenoxy) is 1. The Hall–Kier alpha value is -1.43. The van der Waals surface area contributed by atoms with Gasteiger partial charge in [-0.3, -0.25) is 9.69 Å². The molecule has 2 fully saturated rings. The minimum Gasteiger partial charge on any atom is -0.366 e. The zero-order valence-electron chi connectivity index (χ0n) is 12.7.